The summed E-state index contributed by atoms with van der Waals surface area (Å²) in [5.41, 5.74) is 1.23. The zero-order valence-electron chi connectivity index (χ0n) is 9.61. The van der Waals surface area contributed by atoms with Crippen molar-refractivity contribution in [3.8, 4) is 11.9 Å². The molecule has 0 aliphatic carbocycles. The highest BCUT2D eigenvalue weighted by molar-refractivity contribution is 5.41. The van der Waals surface area contributed by atoms with E-state index in [1.54, 1.807) is 18.7 Å². The van der Waals surface area contributed by atoms with Crippen LogP contribution < -0.4 is 4.74 Å². The zero-order valence-corrected chi connectivity index (χ0v) is 9.61. The van der Waals surface area contributed by atoms with Crippen LogP contribution in [0, 0.1) is 18.3 Å². The average Bonchev–Trinajstić information content (AvgIpc) is 2.41. The summed E-state index contributed by atoms with van der Waals surface area (Å²) < 4.78 is 7.13. The van der Waals surface area contributed by atoms with Gasteiger partial charge in [-0.2, -0.15) is 10.4 Å². The lowest BCUT2D eigenvalue weighted by molar-refractivity contribution is 0.244. The maximum atomic E-state index is 8.93. The van der Waals surface area contributed by atoms with Gasteiger partial charge in [-0.25, -0.2) is 4.68 Å². The molecule has 0 aliphatic heterocycles. The first-order chi connectivity index (χ1) is 7.06. The van der Waals surface area contributed by atoms with Crippen molar-refractivity contribution in [3.63, 3.8) is 0 Å². The quantitative estimate of drug-likeness (QED) is 0.724. The first kappa shape index (κ1) is 11.5. The van der Waals surface area contributed by atoms with Gasteiger partial charge in [0.05, 0.1) is 5.69 Å². The Balaban J connectivity index is 2.72. The summed E-state index contributed by atoms with van der Waals surface area (Å²) in [4.78, 5) is 2.02. The number of rotatable bonds is 4. The van der Waals surface area contributed by atoms with E-state index >= 15 is 0 Å². The van der Waals surface area contributed by atoms with Crippen LogP contribution in [0.4, 0.5) is 0 Å². The van der Waals surface area contributed by atoms with E-state index in [0.717, 1.165) is 6.54 Å². The van der Waals surface area contributed by atoms with E-state index in [1.165, 1.54) is 0 Å². The number of aryl methyl sites for hydroxylation is 2. The van der Waals surface area contributed by atoms with Crippen molar-refractivity contribution in [3.05, 3.63) is 11.3 Å². The van der Waals surface area contributed by atoms with Crippen molar-refractivity contribution >= 4 is 0 Å². The maximum Gasteiger partial charge on any atom is 0.230 e. The second-order valence-electron chi connectivity index (χ2n) is 3.65. The van der Waals surface area contributed by atoms with E-state index in [9.17, 15) is 0 Å². The van der Waals surface area contributed by atoms with Gasteiger partial charge in [-0.15, -0.1) is 0 Å². The van der Waals surface area contributed by atoms with Crippen molar-refractivity contribution in [1.29, 1.82) is 5.26 Å². The second-order valence-corrected chi connectivity index (χ2v) is 3.65. The summed E-state index contributed by atoms with van der Waals surface area (Å²) >= 11 is 0. The highest BCUT2D eigenvalue weighted by atomic mass is 16.5. The third-order valence-electron chi connectivity index (χ3n) is 2.06. The fraction of sp³-hybridized carbons (Fsp3) is 0.600. The molecule has 1 aromatic rings. The van der Waals surface area contributed by atoms with Gasteiger partial charge in [-0.3, -0.25) is 0 Å². The molecule has 0 atom stereocenters. The molecule has 1 aromatic heterocycles. The Labute approximate surface area is 89.9 Å². The van der Waals surface area contributed by atoms with Crippen molar-refractivity contribution in [2.75, 3.05) is 27.2 Å². The predicted molar refractivity (Wildman–Crippen MR) is 56.7 cm³/mol. The smallest absolute Gasteiger partial charge is 0.230 e. The highest BCUT2D eigenvalue weighted by Crippen LogP contribution is 2.19. The second kappa shape index (κ2) is 4.80. The van der Waals surface area contributed by atoms with Crippen LogP contribution in [-0.4, -0.2) is 41.9 Å². The Morgan fingerprint density at radius 2 is 2.20 bits per heavy atom. The number of hydrogen-bond donors (Lipinski definition) is 0. The van der Waals surface area contributed by atoms with Crippen molar-refractivity contribution in [2.24, 2.45) is 7.05 Å². The normalized spacial score (nSPS) is 10.4. The Morgan fingerprint density at radius 3 is 2.73 bits per heavy atom. The topological polar surface area (TPSA) is 54.1 Å². The lowest BCUT2D eigenvalue weighted by Gasteiger charge is -2.10. The maximum absolute atomic E-state index is 8.93. The molecule has 0 saturated carbocycles. The molecule has 0 unspecified atom stereocenters. The van der Waals surface area contributed by atoms with Crippen LogP contribution in [0.25, 0.3) is 0 Å². The van der Waals surface area contributed by atoms with Crippen LogP contribution in [0.5, 0.6) is 5.88 Å². The Hall–Kier alpha value is -1.54. The SMILES string of the molecule is Cc1nn(C)c(OCCN(C)C)c1C#N. The van der Waals surface area contributed by atoms with Gasteiger partial charge in [0.25, 0.3) is 0 Å². The first-order valence-electron chi connectivity index (χ1n) is 4.77. The number of aromatic nitrogens is 2. The molecule has 1 heterocycles. The molecule has 0 aromatic carbocycles. The summed E-state index contributed by atoms with van der Waals surface area (Å²) in [6.45, 7) is 3.17. The monoisotopic (exact) mass is 208 g/mol. The molecule has 0 saturated heterocycles. The number of nitriles is 1. The minimum Gasteiger partial charge on any atom is -0.476 e. The lowest BCUT2D eigenvalue weighted by Crippen LogP contribution is -2.20. The van der Waals surface area contributed by atoms with Crippen molar-refractivity contribution < 1.29 is 4.74 Å². The van der Waals surface area contributed by atoms with E-state index in [4.69, 9.17) is 10.00 Å². The largest absolute Gasteiger partial charge is 0.476 e. The van der Waals surface area contributed by atoms with Crippen LogP contribution >= 0.6 is 0 Å². The fourth-order valence-electron chi connectivity index (χ4n) is 1.26. The van der Waals surface area contributed by atoms with Gasteiger partial charge >= 0.3 is 0 Å². The van der Waals surface area contributed by atoms with Gasteiger partial charge in [0, 0.05) is 13.6 Å². The van der Waals surface area contributed by atoms with Gasteiger partial charge in [0.1, 0.15) is 18.2 Å². The van der Waals surface area contributed by atoms with E-state index in [-0.39, 0.29) is 0 Å². The number of ether oxygens (including phenoxy) is 1. The minimum absolute atomic E-state index is 0.524. The van der Waals surface area contributed by atoms with E-state index in [2.05, 4.69) is 11.2 Å². The van der Waals surface area contributed by atoms with Crippen LogP contribution in [0.2, 0.25) is 0 Å². The third-order valence-corrected chi connectivity index (χ3v) is 2.06. The van der Waals surface area contributed by atoms with Gasteiger partial charge in [-0.05, 0) is 21.0 Å². The van der Waals surface area contributed by atoms with Crippen LogP contribution in [0.1, 0.15) is 11.3 Å². The molecule has 0 fully saturated rings. The van der Waals surface area contributed by atoms with Gasteiger partial charge in [0.2, 0.25) is 5.88 Å². The molecule has 0 bridgehead atoms. The predicted octanol–water partition coefficient (Wildman–Crippen LogP) is 0.541. The van der Waals surface area contributed by atoms with Crippen molar-refractivity contribution in [1.82, 2.24) is 14.7 Å². The first-order valence-corrected chi connectivity index (χ1v) is 4.77. The molecular formula is C10H16N4O. The summed E-state index contributed by atoms with van der Waals surface area (Å²) in [6, 6.07) is 2.10. The number of nitrogens with zero attached hydrogens (tertiary/aromatic N) is 4. The fourth-order valence-corrected chi connectivity index (χ4v) is 1.26. The van der Waals surface area contributed by atoms with Gasteiger partial charge in [-0.1, -0.05) is 0 Å². The van der Waals surface area contributed by atoms with Crippen LogP contribution in [0.15, 0.2) is 0 Å². The molecular weight excluding hydrogens is 192 g/mol. The standard InChI is InChI=1S/C10H16N4O/c1-8-9(7-11)10(14(4)12-8)15-6-5-13(2)3/h5-6H2,1-4H3. The van der Waals surface area contributed by atoms with Crippen LogP contribution in [-0.2, 0) is 7.05 Å². The summed E-state index contributed by atoms with van der Waals surface area (Å²) in [5, 5.41) is 13.1. The molecule has 0 amide bonds. The lowest BCUT2D eigenvalue weighted by atomic mass is 10.3. The number of hydrogen-bond acceptors (Lipinski definition) is 4. The zero-order chi connectivity index (χ0) is 11.4. The number of likely N-dealkylation sites (N-methyl/N-ethyl adjacent to an activating group) is 1. The Bertz CT molecular complexity index is 376. The summed E-state index contributed by atoms with van der Waals surface area (Å²) in [6.07, 6.45) is 0. The molecule has 5 heteroatoms. The van der Waals surface area contributed by atoms with E-state index < -0.39 is 0 Å². The molecule has 0 spiro atoms. The molecule has 1 rings (SSSR count). The molecule has 0 N–H and O–H groups in total. The average molecular weight is 208 g/mol. The summed E-state index contributed by atoms with van der Waals surface area (Å²) in [7, 11) is 5.73. The molecule has 82 valence electrons. The molecule has 5 nitrogen and oxygen atoms in total. The van der Waals surface area contributed by atoms with Gasteiger partial charge in [0.15, 0.2) is 0 Å². The van der Waals surface area contributed by atoms with Crippen LogP contribution in [0.3, 0.4) is 0 Å². The third kappa shape index (κ3) is 2.70. The molecule has 0 radical (unpaired) electrons. The van der Waals surface area contributed by atoms with Crippen molar-refractivity contribution in [2.45, 2.75) is 6.92 Å². The summed E-state index contributed by atoms with van der Waals surface area (Å²) in [5.74, 6) is 0.553. The molecule has 15 heavy (non-hydrogen) atoms. The molecule has 0 aliphatic rings. The minimum atomic E-state index is 0.524. The van der Waals surface area contributed by atoms with E-state index in [0.29, 0.717) is 23.7 Å². The van der Waals surface area contributed by atoms with E-state index in [1.807, 2.05) is 19.0 Å². The Morgan fingerprint density at radius 1 is 1.53 bits per heavy atom. The Kier molecular flexibility index (Phi) is 3.69. The van der Waals surface area contributed by atoms with Gasteiger partial charge < -0.3 is 9.64 Å². The highest BCUT2D eigenvalue weighted by Gasteiger charge is 2.13.